The number of benzene rings is 1. The van der Waals surface area contributed by atoms with Crippen LogP contribution in [0.2, 0.25) is 0 Å². The van der Waals surface area contributed by atoms with Gasteiger partial charge in [-0.25, -0.2) is 4.39 Å². The van der Waals surface area contributed by atoms with Crippen molar-refractivity contribution in [2.75, 3.05) is 18.0 Å². The van der Waals surface area contributed by atoms with Crippen molar-refractivity contribution < 1.29 is 4.39 Å². The third kappa shape index (κ3) is 3.95. The first-order chi connectivity index (χ1) is 9.74. The molecule has 3 heteroatoms. The number of halogens is 1. The predicted octanol–water partition coefficient (Wildman–Crippen LogP) is 4.09. The lowest BCUT2D eigenvalue weighted by molar-refractivity contribution is 0.601. The molecule has 0 saturated heterocycles. The Hall–Kier alpha value is -1.09. The molecule has 20 heavy (non-hydrogen) atoms. The number of nitrogens with one attached hydrogen (secondary N) is 1. The summed E-state index contributed by atoms with van der Waals surface area (Å²) >= 11 is 0. The van der Waals surface area contributed by atoms with E-state index in [1.165, 1.54) is 25.7 Å². The van der Waals surface area contributed by atoms with Gasteiger partial charge in [-0.05, 0) is 56.5 Å². The van der Waals surface area contributed by atoms with Crippen molar-refractivity contribution in [3.8, 4) is 0 Å². The van der Waals surface area contributed by atoms with Crippen LogP contribution in [0.3, 0.4) is 0 Å². The Bertz CT molecular complexity index is 413. The summed E-state index contributed by atoms with van der Waals surface area (Å²) in [7, 11) is 0. The van der Waals surface area contributed by atoms with Gasteiger partial charge in [-0.15, -0.1) is 0 Å². The van der Waals surface area contributed by atoms with Crippen LogP contribution in [0.5, 0.6) is 0 Å². The van der Waals surface area contributed by atoms with Crippen LogP contribution in [-0.4, -0.2) is 19.1 Å². The van der Waals surface area contributed by atoms with Gasteiger partial charge in [-0.3, -0.25) is 0 Å². The van der Waals surface area contributed by atoms with Crippen molar-refractivity contribution in [1.82, 2.24) is 5.32 Å². The van der Waals surface area contributed by atoms with Gasteiger partial charge in [-0.2, -0.15) is 0 Å². The summed E-state index contributed by atoms with van der Waals surface area (Å²) in [5, 5.41) is 3.35. The summed E-state index contributed by atoms with van der Waals surface area (Å²) in [5.41, 5.74) is 2.09. The molecule has 0 unspecified atom stereocenters. The Morgan fingerprint density at radius 1 is 1.20 bits per heavy atom. The van der Waals surface area contributed by atoms with Crippen LogP contribution in [0.15, 0.2) is 18.2 Å². The van der Waals surface area contributed by atoms with Crippen molar-refractivity contribution in [1.29, 1.82) is 0 Å². The molecular weight excluding hydrogens is 251 g/mol. The second-order valence-corrected chi connectivity index (χ2v) is 5.72. The average Bonchev–Trinajstić information content (AvgIpc) is 2.93. The monoisotopic (exact) mass is 278 g/mol. The molecule has 2 nitrogen and oxygen atoms in total. The Balaban J connectivity index is 2.12. The minimum atomic E-state index is -0.118. The number of hydrogen-bond acceptors (Lipinski definition) is 2. The molecule has 1 fully saturated rings. The molecule has 1 aliphatic rings. The van der Waals surface area contributed by atoms with Crippen LogP contribution in [-0.2, 0) is 6.54 Å². The molecule has 0 aliphatic heterocycles. The molecule has 1 aromatic carbocycles. The Morgan fingerprint density at radius 2 is 1.95 bits per heavy atom. The highest BCUT2D eigenvalue weighted by molar-refractivity contribution is 5.50. The zero-order chi connectivity index (χ0) is 14.4. The fourth-order valence-electron chi connectivity index (χ4n) is 3.18. The maximum absolute atomic E-state index is 13.9. The maximum Gasteiger partial charge on any atom is 0.125 e. The Labute approximate surface area is 122 Å². The van der Waals surface area contributed by atoms with Crippen LogP contribution < -0.4 is 10.2 Å². The second-order valence-electron chi connectivity index (χ2n) is 5.72. The highest BCUT2D eigenvalue weighted by Gasteiger charge is 2.22. The third-order valence-electron chi connectivity index (χ3n) is 4.14. The zero-order valence-electron chi connectivity index (χ0n) is 12.8. The fraction of sp³-hybridized carbons (Fsp3) is 0.647. The van der Waals surface area contributed by atoms with E-state index in [1.807, 2.05) is 0 Å². The molecule has 1 saturated carbocycles. The molecule has 0 amide bonds. The fourth-order valence-corrected chi connectivity index (χ4v) is 3.18. The van der Waals surface area contributed by atoms with Crippen molar-refractivity contribution >= 4 is 5.69 Å². The normalized spacial score (nSPS) is 15.8. The topological polar surface area (TPSA) is 15.3 Å². The third-order valence-corrected chi connectivity index (χ3v) is 4.14. The van der Waals surface area contributed by atoms with E-state index >= 15 is 0 Å². The molecule has 0 aromatic heterocycles. The summed E-state index contributed by atoms with van der Waals surface area (Å²) < 4.78 is 13.9. The predicted molar refractivity (Wildman–Crippen MR) is 83.7 cm³/mol. The largest absolute Gasteiger partial charge is 0.369 e. The molecule has 0 atom stereocenters. The van der Waals surface area contributed by atoms with Gasteiger partial charge < -0.3 is 10.2 Å². The molecule has 112 valence electrons. The van der Waals surface area contributed by atoms with Gasteiger partial charge in [0.25, 0.3) is 0 Å². The van der Waals surface area contributed by atoms with E-state index in [-0.39, 0.29) is 5.82 Å². The van der Waals surface area contributed by atoms with Crippen LogP contribution in [0.1, 0.15) is 51.5 Å². The van der Waals surface area contributed by atoms with Crippen molar-refractivity contribution in [2.24, 2.45) is 0 Å². The summed E-state index contributed by atoms with van der Waals surface area (Å²) in [4.78, 5) is 2.37. The van der Waals surface area contributed by atoms with Crippen molar-refractivity contribution in [3.05, 3.63) is 29.6 Å². The van der Waals surface area contributed by atoms with E-state index in [2.05, 4.69) is 30.1 Å². The maximum atomic E-state index is 13.9. The standard InChI is InChI=1S/C17H27FN2/c1-3-9-19-13-14-10-15(18)12-17(11-14)20(4-2)16-7-5-6-8-16/h10-12,16,19H,3-9,13H2,1-2H3. The van der Waals surface area contributed by atoms with Crippen molar-refractivity contribution in [3.63, 3.8) is 0 Å². The SMILES string of the molecule is CCCNCc1cc(F)cc(N(CC)C2CCCC2)c1. The van der Waals surface area contributed by atoms with Gasteiger partial charge in [-0.1, -0.05) is 19.8 Å². The number of rotatable bonds is 7. The van der Waals surface area contributed by atoms with E-state index in [0.717, 1.165) is 37.3 Å². The molecule has 1 N–H and O–H groups in total. The van der Waals surface area contributed by atoms with Gasteiger partial charge in [0.15, 0.2) is 0 Å². The Kier molecular flexibility index (Phi) is 5.84. The first-order valence-electron chi connectivity index (χ1n) is 8.01. The molecule has 1 aliphatic carbocycles. The van der Waals surface area contributed by atoms with E-state index in [4.69, 9.17) is 0 Å². The first kappa shape index (κ1) is 15.3. The Morgan fingerprint density at radius 3 is 2.60 bits per heavy atom. The number of anilines is 1. The number of hydrogen-bond donors (Lipinski definition) is 1. The molecular formula is C17H27FN2. The van der Waals surface area contributed by atoms with Crippen molar-refractivity contribution in [2.45, 2.75) is 58.5 Å². The molecule has 1 aromatic rings. The summed E-state index contributed by atoms with van der Waals surface area (Å²) in [5.74, 6) is -0.118. The summed E-state index contributed by atoms with van der Waals surface area (Å²) in [6.07, 6.45) is 6.20. The molecule has 2 rings (SSSR count). The minimum absolute atomic E-state index is 0.118. The van der Waals surface area contributed by atoms with Gasteiger partial charge >= 0.3 is 0 Å². The summed E-state index contributed by atoms with van der Waals surface area (Å²) in [6.45, 7) is 6.99. The molecule has 0 radical (unpaired) electrons. The zero-order valence-corrected chi connectivity index (χ0v) is 12.8. The van der Waals surface area contributed by atoms with E-state index < -0.39 is 0 Å². The lowest BCUT2D eigenvalue weighted by Crippen LogP contribution is -2.33. The van der Waals surface area contributed by atoms with Crippen LogP contribution >= 0.6 is 0 Å². The average molecular weight is 278 g/mol. The smallest absolute Gasteiger partial charge is 0.125 e. The van der Waals surface area contributed by atoms with Gasteiger partial charge in [0.2, 0.25) is 0 Å². The number of nitrogens with zero attached hydrogens (tertiary/aromatic N) is 1. The minimum Gasteiger partial charge on any atom is -0.369 e. The van der Waals surface area contributed by atoms with Gasteiger partial charge in [0.05, 0.1) is 0 Å². The van der Waals surface area contributed by atoms with Gasteiger partial charge in [0, 0.05) is 24.8 Å². The van der Waals surface area contributed by atoms with Gasteiger partial charge in [0.1, 0.15) is 5.82 Å². The lowest BCUT2D eigenvalue weighted by Gasteiger charge is -2.30. The quantitative estimate of drug-likeness (QED) is 0.756. The molecule has 0 bridgehead atoms. The van der Waals surface area contributed by atoms with Crippen LogP contribution in [0, 0.1) is 5.82 Å². The van der Waals surface area contributed by atoms with E-state index in [9.17, 15) is 4.39 Å². The highest BCUT2D eigenvalue weighted by Crippen LogP contribution is 2.29. The molecule has 0 spiro atoms. The summed E-state index contributed by atoms with van der Waals surface area (Å²) in [6, 6.07) is 6.08. The van der Waals surface area contributed by atoms with E-state index in [1.54, 1.807) is 12.1 Å². The first-order valence-corrected chi connectivity index (χ1v) is 8.01. The molecule has 0 heterocycles. The lowest BCUT2D eigenvalue weighted by atomic mass is 10.1. The van der Waals surface area contributed by atoms with Crippen LogP contribution in [0.4, 0.5) is 10.1 Å². The van der Waals surface area contributed by atoms with E-state index in [0.29, 0.717) is 6.04 Å². The second kappa shape index (κ2) is 7.63. The highest BCUT2D eigenvalue weighted by atomic mass is 19.1. The van der Waals surface area contributed by atoms with Crippen LogP contribution in [0.25, 0.3) is 0 Å².